The van der Waals surface area contributed by atoms with E-state index in [2.05, 4.69) is 58.9 Å². The van der Waals surface area contributed by atoms with E-state index < -0.39 is 0 Å². The number of hydrogen-bond acceptors (Lipinski definition) is 3. The van der Waals surface area contributed by atoms with Crippen molar-refractivity contribution in [2.45, 2.75) is 33.2 Å². The smallest absolute Gasteiger partial charge is 0.333 e. The minimum absolute atomic E-state index is 0.301. The van der Waals surface area contributed by atoms with Crippen LogP contribution in [0.4, 0.5) is 0 Å². The summed E-state index contributed by atoms with van der Waals surface area (Å²) in [5.41, 5.74) is 2.67. The van der Waals surface area contributed by atoms with Crippen LogP contribution < -0.4 is 4.57 Å². The van der Waals surface area contributed by atoms with Gasteiger partial charge in [-0.15, -0.1) is 0 Å². The Hall–Kier alpha value is -2.40. The number of hydrogen-bond donors (Lipinski definition) is 0. The van der Waals surface area contributed by atoms with Gasteiger partial charge in [-0.2, -0.15) is 0 Å². The fourth-order valence-electron chi connectivity index (χ4n) is 2.91. The van der Waals surface area contributed by atoms with E-state index >= 15 is 0 Å². The molecule has 1 aromatic carbocycles. The van der Waals surface area contributed by atoms with Crippen molar-refractivity contribution >= 4 is 12.0 Å². The molecule has 0 saturated carbocycles. The Bertz CT molecular complexity index is 732. The minimum atomic E-state index is -0.301. The second-order valence-corrected chi connectivity index (χ2v) is 6.63. The summed E-state index contributed by atoms with van der Waals surface area (Å²) in [5, 5.41) is 0. The highest BCUT2D eigenvalue weighted by Crippen LogP contribution is 2.12. The Kier molecular flexibility index (Phi) is 7.60. The Morgan fingerprint density at radius 3 is 2.65 bits per heavy atom. The monoisotopic (exact) mass is 356 g/mol. The van der Waals surface area contributed by atoms with E-state index in [0.29, 0.717) is 5.57 Å². The molecule has 0 spiro atoms. The van der Waals surface area contributed by atoms with Crippen LogP contribution in [0.1, 0.15) is 32.3 Å². The molecule has 5 heteroatoms. The zero-order valence-electron chi connectivity index (χ0n) is 16.3. The molecule has 1 aromatic heterocycles. The summed E-state index contributed by atoms with van der Waals surface area (Å²) in [6.07, 6.45) is 10.5. The second-order valence-electron chi connectivity index (χ2n) is 6.63. The molecule has 0 aliphatic carbocycles. The van der Waals surface area contributed by atoms with Crippen LogP contribution in [0.3, 0.4) is 0 Å². The number of ether oxygens (including phenoxy) is 1. The topological polar surface area (TPSA) is 38.4 Å². The molecule has 0 amide bonds. The predicted octanol–water partition coefficient (Wildman–Crippen LogP) is 3.07. The van der Waals surface area contributed by atoms with Gasteiger partial charge >= 0.3 is 5.97 Å². The van der Waals surface area contributed by atoms with Gasteiger partial charge in [-0.05, 0) is 57.1 Å². The molecule has 0 fully saturated rings. The molecule has 0 N–H and O–H groups in total. The van der Waals surface area contributed by atoms with Gasteiger partial charge in [0.2, 0.25) is 6.33 Å². The fraction of sp³-hybridized carbons (Fsp3) is 0.429. The van der Waals surface area contributed by atoms with Crippen LogP contribution in [0.2, 0.25) is 0 Å². The van der Waals surface area contributed by atoms with E-state index in [0.717, 1.165) is 37.3 Å². The Morgan fingerprint density at radius 2 is 2.00 bits per heavy atom. The van der Waals surface area contributed by atoms with Crippen LogP contribution in [-0.2, 0) is 16.1 Å². The van der Waals surface area contributed by atoms with Gasteiger partial charge < -0.3 is 9.64 Å². The van der Waals surface area contributed by atoms with Gasteiger partial charge in [0, 0.05) is 12.1 Å². The van der Waals surface area contributed by atoms with Crippen molar-refractivity contribution in [1.29, 1.82) is 0 Å². The molecule has 0 aliphatic rings. The van der Waals surface area contributed by atoms with Crippen molar-refractivity contribution in [1.82, 2.24) is 9.47 Å². The van der Waals surface area contributed by atoms with Crippen LogP contribution in [0, 0.1) is 0 Å². The number of carbonyl (C=O) groups is 1. The standard InChI is InChI=1S/C21H30N3O2/c1-5-11-22(3)12-6-13-23-14-15-24(17-23)20-9-7-19(8-10-20)16-18(2)21(25)26-4/h7-10,14-17H,5-6,11-13H2,1-4H3/q+1/b18-16-. The zero-order valence-corrected chi connectivity index (χ0v) is 16.3. The first-order chi connectivity index (χ1) is 12.5. The molecule has 140 valence electrons. The predicted molar refractivity (Wildman–Crippen MR) is 104 cm³/mol. The first-order valence-electron chi connectivity index (χ1n) is 9.16. The Morgan fingerprint density at radius 1 is 1.27 bits per heavy atom. The maximum Gasteiger partial charge on any atom is 0.333 e. The summed E-state index contributed by atoms with van der Waals surface area (Å²) in [5.74, 6) is -0.301. The average molecular weight is 356 g/mol. The number of esters is 1. The SMILES string of the molecule is CCCN(C)CCC[n+]1ccn(-c2ccc(/C=C(/C)C(=O)OC)cc2)c1. The lowest BCUT2D eigenvalue weighted by atomic mass is 10.1. The van der Waals surface area contributed by atoms with Crippen LogP contribution >= 0.6 is 0 Å². The summed E-state index contributed by atoms with van der Waals surface area (Å²) >= 11 is 0. The van der Waals surface area contributed by atoms with Gasteiger partial charge in [0.25, 0.3) is 0 Å². The number of nitrogens with zero attached hydrogens (tertiary/aromatic N) is 3. The van der Waals surface area contributed by atoms with Gasteiger partial charge in [-0.25, -0.2) is 13.9 Å². The van der Waals surface area contributed by atoms with Gasteiger partial charge in [-0.1, -0.05) is 19.1 Å². The highest BCUT2D eigenvalue weighted by Gasteiger charge is 2.08. The van der Waals surface area contributed by atoms with Gasteiger partial charge in [0.15, 0.2) is 0 Å². The first kappa shape index (κ1) is 19.9. The van der Waals surface area contributed by atoms with Gasteiger partial charge in [-0.3, -0.25) is 0 Å². The quantitative estimate of drug-likeness (QED) is 0.394. The molecule has 0 atom stereocenters. The number of carbonyl (C=O) groups excluding carboxylic acids is 1. The molecule has 0 aliphatic heterocycles. The molecule has 0 radical (unpaired) electrons. The molecule has 1 heterocycles. The van der Waals surface area contributed by atoms with Crippen molar-refractivity contribution in [2.75, 3.05) is 27.2 Å². The maximum atomic E-state index is 11.5. The number of methoxy groups -OCH3 is 1. The minimum Gasteiger partial charge on any atom is -0.466 e. The molecule has 0 unspecified atom stereocenters. The number of imidazole rings is 1. The second kappa shape index (κ2) is 9.92. The lowest BCUT2D eigenvalue weighted by molar-refractivity contribution is -0.696. The number of benzene rings is 1. The van der Waals surface area contributed by atoms with Crippen molar-refractivity contribution in [3.05, 3.63) is 54.1 Å². The largest absolute Gasteiger partial charge is 0.466 e. The number of aromatic nitrogens is 2. The van der Waals surface area contributed by atoms with Crippen molar-refractivity contribution in [3.63, 3.8) is 0 Å². The van der Waals surface area contributed by atoms with Crippen LogP contribution in [0.5, 0.6) is 0 Å². The first-order valence-corrected chi connectivity index (χ1v) is 9.16. The zero-order chi connectivity index (χ0) is 18.9. The lowest BCUT2D eigenvalue weighted by Crippen LogP contribution is -2.33. The summed E-state index contributed by atoms with van der Waals surface area (Å²) in [4.78, 5) is 13.8. The van der Waals surface area contributed by atoms with E-state index in [4.69, 9.17) is 4.74 Å². The molecule has 26 heavy (non-hydrogen) atoms. The average Bonchev–Trinajstić information content (AvgIpc) is 3.10. The number of aryl methyl sites for hydroxylation is 1. The van der Waals surface area contributed by atoms with E-state index in [1.807, 2.05) is 18.2 Å². The highest BCUT2D eigenvalue weighted by atomic mass is 16.5. The van der Waals surface area contributed by atoms with E-state index in [-0.39, 0.29) is 5.97 Å². The van der Waals surface area contributed by atoms with Crippen LogP contribution in [0.15, 0.2) is 48.6 Å². The van der Waals surface area contributed by atoms with Crippen LogP contribution in [0.25, 0.3) is 11.8 Å². The third-order valence-electron chi connectivity index (χ3n) is 4.33. The van der Waals surface area contributed by atoms with E-state index in [1.54, 1.807) is 6.92 Å². The molecule has 2 aromatic rings. The molecular formula is C21H30N3O2+. The third kappa shape index (κ3) is 5.85. The van der Waals surface area contributed by atoms with E-state index in [9.17, 15) is 4.79 Å². The van der Waals surface area contributed by atoms with Gasteiger partial charge in [0.1, 0.15) is 18.1 Å². The van der Waals surface area contributed by atoms with Crippen molar-refractivity contribution in [3.8, 4) is 5.69 Å². The van der Waals surface area contributed by atoms with E-state index in [1.165, 1.54) is 13.5 Å². The highest BCUT2D eigenvalue weighted by molar-refractivity contribution is 5.92. The number of rotatable bonds is 9. The molecule has 0 saturated heterocycles. The molecule has 2 rings (SSSR count). The Labute approximate surface area is 156 Å². The van der Waals surface area contributed by atoms with Gasteiger partial charge in [0.05, 0.1) is 13.7 Å². The van der Waals surface area contributed by atoms with Crippen LogP contribution in [-0.4, -0.2) is 42.7 Å². The summed E-state index contributed by atoms with van der Waals surface area (Å²) in [6, 6.07) is 8.11. The third-order valence-corrected chi connectivity index (χ3v) is 4.33. The normalized spacial score (nSPS) is 11.8. The molecule has 5 nitrogen and oxygen atoms in total. The Balaban J connectivity index is 1.95. The molecular weight excluding hydrogens is 326 g/mol. The molecule has 0 bridgehead atoms. The fourth-order valence-corrected chi connectivity index (χ4v) is 2.91. The van der Waals surface area contributed by atoms with Crippen molar-refractivity contribution in [2.24, 2.45) is 0 Å². The lowest BCUT2D eigenvalue weighted by Gasteiger charge is -2.13. The maximum absolute atomic E-state index is 11.5. The summed E-state index contributed by atoms with van der Waals surface area (Å²) < 4.78 is 9.05. The summed E-state index contributed by atoms with van der Waals surface area (Å²) in [7, 11) is 3.57. The van der Waals surface area contributed by atoms with Crippen molar-refractivity contribution < 1.29 is 14.1 Å². The summed E-state index contributed by atoms with van der Waals surface area (Å²) in [6.45, 7) is 7.25.